The van der Waals surface area contributed by atoms with E-state index in [9.17, 15) is 0 Å². The molecule has 1 aromatic carbocycles. The van der Waals surface area contributed by atoms with Crippen LogP contribution in [0.1, 0.15) is 50.3 Å². The Hall–Kier alpha value is -0.860. The zero-order valence-corrected chi connectivity index (χ0v) is 11.6. The van der Waals surface area contributed by atoms with Gasteiger partial charge in [0.1, 0.15) is 0 Å². The minimum atomic E-state index is 0.277. The molecule has 0 aromatic heterocycles. The maximum absolute atomic E-state index is 5.91. The molecular formula is C16H25NO. The quantitative estimate of drug-likeness (QED) is 0.860. The standard InChI is InChI=1S/C16H25NO/c1-3-10-17-15-9-11-18-16(12-15)14-7-5-13(4-2)6-8-14/h5-8,15-17H,3-4,9-12H2,1-2H3. The molecule has 1 heterocycles. The maximum Gasteiger partial charge on any atom is 0.0839 e. The monoisotopic (exact) mass is 247 g/mol. The van der Waals surface area contributed by atoms with E-state index in [0.29, 0.717) is 6.04 Å². The predicted molar refractivity (Wildman–Crippen MR) is 75.8 cm³/mol. The highest BCUT2D eigenvalue weighted by Gasteiger charge is 2.23. The molecule has 0 amide bonds. The lowest BCUT2D eigenvalue weighted by Gasteiger charge is -2.30. The molecule has 1 saturated heterocycles. The van der Waals surface area contributed by atoms with Crippen molar-refractivity contribution in [3.8, 4) is 0 Å². The number of benzene rings is 1. The van der Waals surface area contributed by atoms with E-state index in [4.69, 9.17) is 4.74 Å². The average Bonchev–Trinajstić information content (AvgIpc) is 2.45. The first-order chi connectivity index (χ1) is 8.83. The largest absolute Gasteiger partial charge is 0.373 e. The molecule has 2 heteroatoms. The van der Waals surface area contributed by atoms with E-state index in [1.54, 1.807) is 0 Å². The predicted octanol–water partition coefficient (Wildman–Crippen LogP) is 3.47. The highest BCUT2D eigenvalue weighted by molar-refractivity contribution is 5.24. The van der Waals surface area contributed by atoms with Gasteiger partial charge in [-0.25, -0.2) is 0 Å². The van der Waals surface area contributed by atoms with Gasteiger partial charge in [-0.2, -0.15) is 0 Å². The van der Waals surface area contributed by atoms with Crippen LogP contribution < -0.4 is 5.32 Å². The molecule has 1 fully saturated rings. The second kappa shape index (κ2) is 6.91. The van der Waals surface area contributed by atoms with Crippen LogP contribution in [0, 0.1) is 0 Å². The molecule has 0 aliphatic carbocycles. The molecule has 1 aliphatic heterocycles. The van der Waals surface area contributed by atoms with Gasteiger partial charge >= 0.3 is 0 Å². The van der Waals surface area contributed by atoms with E-state index < -0.39 is 0 Å². The van der Waals surface area contributed by atoms with Crippen molar-refractivity contribution in [2.75, 3.05) is 13.2 Å². The fraction of sp³-hybridized carbons (Fsp3) is 0.625. The van der Waals surface area contributed by atoms with Gasteiger partial charge in [0.25, 0.3) is 0 Å². The number of hydrogen-bond acceptors (Lipinski definition) is 2. The third kappa shape index (κ3) is 3.56. The van der Waals surface area contributed by atoms with E-state index in [2.05, 4.69) is 43.4 Å². The minimum absolute atomic E-state index is 0.277. The first kappa shape index (κ1) is 13.6. The smallest absolute Gasteiger partial charge is 0.0839 e. The van der Waals surface area contributed by atoms with Gasteiger partial charge in [-0.3, -0.25) is 0 Å². The molecular weight excluding hydrogens is 222 g/mol. The van der Waals surface area contributed by atoms with E-state index in [0.717, 1.165) is 32.4 Å². The average molecular weight is 247 g/mol. The first-order valence-electron chi connectivity index (χ1n) is 7.27. The molecule has 2 unspecified atom stereocenters. The van der Waals surface area contributed by atoms with Crippen LogP contribution in [-0.4, -0.2) is 19.2 Å². The van der Waals surface area contributed by atoms with Crippen LogP contribution in [0.15, 0.2) is 24.3 Å². The Kier molecular flexibility index (Phi) is 5.21. The van der Waals surface area contributed by atoms with Crippen LogP contribution >= 0.6 is 0 Å². The van der Waals surface area contributed by atoms with Crippen LogP contribution in [0.4, 0.5) is 0 Å². The molecule has 0 radical (unpaired) electrons. The fourth-order valence-electron chi connectivity index (χ4n) is 2.53. The number of nitrogens with one attached hydrogen (secondary N) is 1. The summed E-state index contributed by atoms with van der Waals surface area (Å²) < 4.78 is 5.91. The van der Waals surface area contributed by atoms with Gasteiger partial charge in [0.2, 0.25) is 0 Å². The highest BCUT2D eigenvalue weighted by Crippen LogP contribution is 2.28. The summed E-state index contributed by atoms with van der Waals surface area (Å²) in [5.41, 5.74) is 2.73. The van der Waals surface area contributed by atoms with Crippen LogP contribution in [-0.2, 0) is 11.2 Å². The van der Waals surface area contributed by atoms with E-state index in [-0.39, 0.29) is 6.10 Å². The lowest BCUT2D eigenvalue weighted by atomic mass is 9.96. The fourth-order valence-corrected chi connectivity index (χ4v) is 2.53. The zero-order valence-electron chi connectivity index (χ0n) is 11.6. The summed E-state index contributed by atoms with van der Waals surface area (Å²) in [6, 6.07) is 9.52. The normalized spacial score (nSPS) is 24.1. The Morgan fingerprint density at radius 3 is 2.67 bits per heavy atom. The molecule has 0 spiro atoms. The molecule has 100 valence electrons. The van der Waals surface area contributed by atoms with Crippen molar-refractivity contribution in [1.82, 2.24) is 5.32 Å². The van der Waals surface area contributed by atoms with Gasteiger partial charge in [-0.1, -0.05) is 38.1 Å². The van der Waals surface area contributed by atoms with Crippen molar-refractivity contribution in [3.05, 3.63) is 35.4 Å². The summed E-state index contributed by atoms with van der Waals surface area (Å²) in [4.78, 5) is 0. The molecule has 2 rings (SSSR count). The zero-order chi connectivity index (χ0) is 12.8. The lowest BCUT2D eigenvalue weighted by molar-refractivity contribution is 0.000350. The summed E-state index contributed by atoms with van der Waals surface area (Å²) in [6.07, 6.45) is 4.83. The van der Waals surface area contributed by atoms with Crippen LogP contribution in [0.5, 0.6) is 0 Å². The first-order valence-corrected chi connectivity index (χ1v) is 7.27. The van der Waals surface area contributed by atoms with Crippen molar-refractivity contribution < 1.29 is 4.74 Å². The van der Waals surface area contributed by atoms with Gasteiger partial charge in [0, 0.05) is 12.6 Å². The van der Waals surface area contributed by atoms with Crippen molar-refractivity contribution in [3.63, 3.8) is 0 Å². The molecule has 18 heavy (non-hydrogen) atoms. The number of aryl methyl sites for hydroxylation is 1. The summed E-state index contributed by atoms with van der Waals surface area (Å²) in [5.74, 6) is 0. The summed E-state index contributed by atoms with van der Waals surface area (Å²) in [5, 5.41) is 3.61. The number of rotatable bonds is 5. The van der Waals surface area contributed by atoms with Gasteiger partial charge in [-0.15, -0.1) is 0 Å². The third-order valence-corrected chi connectivity index (χ3v) is 3.73. The van der Waals surface area contributed by atoms with Crippen molar-refractivity contribution >= 4 is 0 Å². The van der Waals surface area contributed by atoms with E-state index in [1.165, 1.54) is 17.5 Å². The molecule has 0 bridgehead atoms. The van der Waals surface area contributed by atoms with Gasteiger partial charge in [0.15, 0.2) is 0 Å². The number of ether oxygens (including phenoxy) is 1. The highest BCUT2D eigenvalue weighted by atomic mass is 16.5. The molecule has 1 N–H and O–H groups in total. The Morgan fingerprint density at radius 1 is 1.22 bits per heavy atom. The van der Waals surface area contributed by atoms with Crippen molar-refractivity contribution in [2.24, 2.45) is 0 Å². The molecule has 1 aliphatic rings. The van der Waals surface area contributed by atoms with Crippen molar-refractivity contribution in [1.29, 1.82) is 0 Å². The third-order valence-electron chi connectivity index (χ3n) is 3.73. The Bertz CT molecular complexity index is 347. The van der Waals surface area contributed by atoms with E-state index in [1.807, 2.05) is 0 Å². The summed E-state index contributed by atoms with van der Waals surface area (Å²) >= 11 is 0. The molecule has 2 nitrogen and oxygen atoms in total. The molecule has 2 atom stereocenters. The second-order valence-corrected chi connectivity index (χ2v) is 5.13. The Morgan fingerprint density at radius 2 is 2.00 bits per heavy atom. The second-order valence-electron chi connectivity index (χ2n) is 5.13. The lowest BCUT2D eigenvalue weighted by Crippen LogP contribution is -2.36. The topological polar surface area (TPSA) is 21.3 Å². The van der Waals surface area contributed by atoms with Gasteiger partial charge < -0.3 is 10.1 Å². The summed E-state index contributed by atoms with van der Waals surface area (Å²) in [6.45, 7) is 6.40. The minimum Gasteiger partial charge on any atom is -0.373 e. The molecule has 1 aromatic rings. The summed E-state index contributed by atoms with van der Waals surface area (Å²) in [7, 11) is 0. The Labute approximate surface area is 111 Å². The van der Waals surface area contributed by atoms with Crippen LogP contribution in [0.2, 0.25) is 0 Å². The van der Waals surface area contributed by atoms with Crippen LogP contribution in [0.3, 0.4) is 0 Å². The van der Waals surface area contributed by atoms with Crippen LogP contribution in [0.25, 0.3) is 0 Å². The Balaban J connectivity index is 1.94. The van der Waals surface area contributed by atoms with Gasteiger partial charge in [0.05, 0.1) is 6.10 Å². The SMILES string of the molecule is CCCNC1CCOC(c2ccc(CC)cc2)C1. The molecule has 0 saturated carbocycles. The number of hydrogen-bond donors (Lipinski definition) is 1. The van der Waals surface area contributed by atoms with Crippen molar-refractivity contribution in [2.45, 2.75) is 51.7 Å². The maximum atomic E-state index is 5.91. The van der Waals surface area contributed by atoms with E-state index >= 15 is 0 Å². The van der Waals surface area contributed by atoms with Gasteiger partial charge in [-0.05, 0) is 43.4 Å².